The number of carbonyl (C=O) groups is 2. The molecule has 0 rings (SSSR count). The van der Waals surface area contributed by atoms with E-state index in [1.807, 2.05) is 0 Å². The van der Waals surface area contributed by atoms with Crippen LogP contribution in [0.3, 0.4) is 0 Å². The topological polar surface area (TPSA) is 67.4 Å². The number of nitrogens with one attached hydrogen (secondary N) is 2. The number of hydrazine groups is 1. The number of carbonyl (C=O) groups excluding carboxylic acids is 2. The van der Waals surface area contributed by atoms with Crippen molar-refractivity contribution in [3.63, 3.8) is 0 Å². The van der Waals surface area contributed by atoms with E-state index >= 15 is 0 Å². The fourth-order valence-electron chi connectivity index (χ4n) is 0.471. The van der Waals surface area contributed by atoms with Crippen molar-refractivity contribution in [3.8, 4) is 0 Å². The molecule has 70 valence electrons. The molecule has 2 N–H and O–H groups in total. The molecule has 0 saturated heterocycles. The summed E-state index contributed by atoms with van der Waals surface area (Å²) in [5.41, 5.74) is 4.37. The monoisotopic (exact) mass is 192 g/mol. The smallest absolute Gasteiger partial charge is 0.264 e. The van der Waals surface area contributed by atoms with E-state index in [4.69, 9.17) is 0 Å². The second-order valence-corrected chi connectivity index (χ2v) is 2.45. The summed E-state index contributed by atoms with van der Waals surface area (Å²) in [6.07, 6.45) is 0.274. The molecule has 0 spiro atoms. The van der Waals surface area contributed by atoms with E-state index < -0.39 is 0 Å². The van der Waals surface area contributed by atoms with Crippen LogP contribution in [0.5, 0.6) is 0 Å². The molecule has 0 aliphatic heterocycles. The van der Waals surface area contributed by atoms with Gasteiger partial charge in [-0.25, -0.2) is 0 Å². The Balaban J connectivity index is 3.40. The fraction of sp³-hybridized carbons (Fsp3) is 0.667. The lowest BCUT2D eigenvalue weighted by Gasteiger charge is -2.04. The van der Waals surface area contributed by atoms with Gasteiger partial charge >= 0.3 is 0 Å². The van der Waals surface area contributed by atoms with E-state index in [1.165, 1.54) is 7.11 Å². The zero-order chi connectivity index (χ0) is 9.40. The Hall–Kier alpha value is -0.750. The number of hydrogen-bond donors (Lipinski definition) is 3. The minimum atomic E-state index is -0.384. The van der Waals surface area contributed by atoms with Crippen molar-refractivity contribution in [2.45, 2.75) is 6.42 Å². The molecule has 0 unspecified atom stereocenters. The highest BCUT2D eigenvalue weighted by atomic mass is 32.1. The summed E-state index contributed by atoms with van der Waals surface area (Å²) in [6.45, 7) is -0.0683. The van der Waals surface area contributed by atoms with Gasteiger partial charge in [0.05, 0.1) is 0 Å². The molecule has 5 nitrogen and oxygen atoms in total. The average Bonchev–Trinajstić information content (AvgIpc) is 2.02. The van der Waals surface area contributed by atoms with Gasteiger partial charge in [0, 0.05) is 13.5 Å². The van der Waals surface area contributed by atoms with Crippen molar-refractivity contribution >= 4 is 24.4 Å². The number of hydrogen-bond acceptors (Lipinski definition) is 4. The third-order valence-electron chi connectivity index (χ3n) is 0.956. The van der Waals surface area contributed by atoms with Gasteiger partial charge in [0.1, 0.15) is 6.61 Å². The average molecular weight is 192 g/mol. The molecule has 0 saturated carbocycles. The Kier molecular flexibility index (Phi) is 6.50. The van der Waals surface area contributed by atoms with Crippen LogP contribution in [0.2, 0.25) is 0 Å². The van der Waals surface area contributed by atoms with E-state index in [0.717, 1.165) is 0 Å². The molecular weight excluding hydrogens is 180 g/mol. The summed E-state index contributed by atoms with van der Waals surface area (Å²) in [5.74, 6) is -0.203. The Labute approximate surface area is 76.2 Å². The van der Waals surface area contributed by atoms with Gasteiger partial charge in [-0.2, -0.15) is 12.6 Å². The molecule has 0 aliphatic rings. The first kappa shape index (κ1) is 11.2. The van der Waals surface area contributed by atoms with Crippen molar-refractivity contribution in [2.75, 3.05) is 19.5 Å². The van der Waals surface area contributed by atoms with E-state index in [0.29, 0.717) is 5.75 Å². The van der Waals surface area contributed by atoms with E-state index in [2.05, 4.69) is 28.2 Å². The first-order valence-corrected chi connectivity index (χ1v) is 4.01. The van der Waals surface area contributed by atoms with Gasteiger partial charge < -0.3 is 4.74 Å². The highest BCUT2D eigenvalue weighted by Crippen LogP contribution is 1.81. The van der Waals surface area contributed by atoms with Gasteiger partial charge in [-0.05, 0) is 5.75 Å². The maximum Gasteiger partial charge on any atom is 0.264 e. The summed E-state index contributed by atoms with van der Waals surface area (Å²) in [7, 11) is 1.40. The molecule has 0 radical (unpaired) electrons. The molecule has 0 heterocycles. The molecule has 0 aromatic carbocycles. The molecule has 6 heteroatoms. The van der Waals surface area contributed by atoms with Crippen molar-refractivity contribution in [1.29, 1.82) is 0 Å². The van der Waals surface area contributed by atoms with Gasteiger partial charge in [-0.3, -0.25) is 20.4 Å². The maximum atomic E-state index is 10.7. The van der Waals surface area contributed by atoms with Crippen LogP contribution in [0.25, 0.3) is 0 Å². The number of thiol groups is 1. The number of amides is 2. The summed E-state index contributed by atoms with van der Waals surface area (Å²) in [5, 5.41) is 0. The fourth-order valence-corrected chi connectivity index (χ4v) is 0.674. The molecular formula is C6H12N2O3S. The number of ether oxygens (including phenoxy) is 1. The lowest BCUT2D eigenvalue weighted by Crippen LogP contribution is -2.43. The number of rotatable bonds is 4. The molecule has 12 heavy (non-hydrogen) atoms. The quantitative estimate of drug-likeness (QED) is 0.399. The summed E-state index contributed by atoms with van der Waals surface area (Å²) >= 11 is 3.85. The Morgan fingerprint density at radius 1 is 1.33 bits per heavy atom. The first-order chi connectivity index (χ1) is 5.70. The van der Waals surface area contributed by atoms with Crippen molar-refractivity contribution < 1.29 is 14.3 Å². The second kappa shape index (κ2) is 6.93. The van der Waals surface area contributed by atoms with Crippen LogP contribution in [0.4, 0.5) is 0 Å². The normalized spacial score (nSPS) is 9.17. The van der Waals surface area contributed by atoms with Crippen LogP contribution in [0.1, 0.15) is 6.42 Å². The van der Waals surface area contributed by atoms with Crippen LogP contribution < -0.4 is 10.9 Å². The van der Waals surface area contributed by atoms with Crippen LogP contribution in [0, 0.1) is 0 Å². The van der Waals surface area contributed by atoms with Crippen molar-refractivity contribution in [3.05, 3.63) is 0 Å². The number of methoxy groups -OCH3 is 1. The van der Waals surface area contributed by atoms with Crippen molar-refractivity contribution in [2.24, 2.45) is 0 Å². The second-order valence-electron chi connectivity index (χ2n) is 2.00. The Bertz CT molecular complexity index is 145. The van der Waals surface area contributed by atoms with Crippen molar-refractivity contribution in [1.82, 2.24) is 10.9 Å². The van der Waals surface area contributed by atoms with Gasteiger partial charge in [0.2, 0.25) is 5.91 Å². The summed E-state index contributed by atoms with van der Waals surface area (Å²) < 4.78 is 4.52. The SMILES string of the molecule is COCC(=O)NNC(=O)CCS. The highest BCUT2D eigenvalue weighted by Gasteiger charge is 2.01. The third kappa shape index (κ3) is 5.99. The van der Waals surface area contributed by atoms with Crippen LogP contribution in [-0.2, 0) is 14.3 Å². The molecule has 0 atom stereocenters. The lowest BCUT2D eigenvalue weighted by atomic mass is 10.5. The van der Waals surface area contributed by atoms with Crippen LogP contribution >= 0.6 is 12.6 Å². The predicted octanol–water partition coefficient (Wildman–Crippen LogP) is -0.900. The molecule has 2 amide bonds. The van der Waals surface area contributed by atoms with E-state index in [-0.39, 0.29) is 24.8 Å². The zero-order valence-electron chi connectivity index (χ0n) is 6.79. The summed E-state index contributed by atoms with van der Waals surface area (Å²) in [4.78, 5) is 21.4. The molecule has 0 aliphatic carbocycles. The van der Waals surface area contributed by atoms with E-state index in [9.17, 15) is 9.59 Å². The van der Waals surface area contributed by atoms with Gasteiger partial charge in [-0.1, -0.05) is 0 Å². The maximum absolute atomic E-state index is 10.7. The molecule has 0 aromatic rings. The first-order valence-electron chi connectivity index (χ1n) is 3.38. The Morgan fingerprint density at radius 3 is 2.42 bits per heavy atom. The zero-order valence-corrected chi connectivity index (χ0v) is 7.69. The minimum Gasteiger partial charge on any atom is -0.375 e. The summed E-state index contributed by atoms with van der Waals surface area (Å²) in [6, 6.07) is 0. The lowest BCUT2D eigenvalue weighted by molar-refractivity contribution is -0.130. The van der Waals surface area contributed by atoms with Crippen LogP contribution in [-0.4, -0.2) is 31.3 Å². The standard InChI is InChI=1S/C6H12N2O3S/c1-11-4-6(10)8-7-5(9)2-3-12/h12H,2-4H2,1H3,(H,7,9)(H,8,10). The van der Waals surface area contributed by atoms with E-state index in [1.54, 1.807) is 0 Å². The van der Waals surface area contributed by atoms with Gasteiger partial charge in [0.25, 0.3) is 5.91 Å². The molecule has 0 bridgehead atoms. The van der Waals surface area contributed by atoms with Gasteiger partial charge in [0.15, 0.2) is 0 Å². The highest BCUT2D eigenvalue weighted by molar-refractivity contribution is 7.80. The molecule has 0 fully saturated rings. The third-order valence-corrected chi connectivity index (χ3v) is 1.18. The van der Waals surface area contributed by atoms with Gasteiger partial charge in [-0.15, -0.1) is 0 Å². The van der Waals surface area contributed by atoms with Crippen LogP contribution in [0.15, 0.2) is 0 Å². The minimum absolute atomic E-state index is 0.0683. The Morgan fingerprint density at radius 2 is 1.92 bits per heavy atom. The largest absolute Gasteiger partial charge is 0.375 e. The predicted molar refractivity (Wildman–Crippen MR) is 46.6 cm³/mol. The molecule has 0 aromatic heterocycles.